The molecule has 0 saturated heterocycles. The van der Waals surface area contributed by atoms with Crippen LogP contribution in [0.4, 0.5) is 11.4 Å². The third-order valence-electron chi connectivity index (χ3n) is 3.29. The second-order valence-corrected chi connectivity index (χ2v) is 5.56. The van der Waals surface area contributed by atoms with Crippen molar-refractivity contribution in [2.24, 2.45) is 0 Å². The first-order chi connectivity index (χ1) is 12.4. The van der Waals surface area contributed by atoms with Crippen molar-refractivity contribution < 1.29 is 14.5 Å². The molecule has 26 heavy (non-hydrogen) atoms. The van der Waals surface area contributed by atoms with Gasteiger partial charge < -0.3 is 10.6 Å². The number of nitro groups is 1. The minimum absolute atomic E-state index is 0.0430. The number of amides is 2. The van der Waals surface area contributed by atoms with Gasteiger partial charge in [0, 0.05) is 35.5 Å². The first kappa shape index (κ1) is 19.0. The van der Waals surface area contributed by atoms with Crippen LogP contribution >= 0.6 is 12.2 Å². The molecule has 134 valence electrons. The molecule has 0 aliphatic heterocycles. The highest BCUT2D eigenvalue weighted by Crippen LogP contribution is 2.13. The van der Waals surface area contributed by atoms with Gasteiger partial charge >= 0.3 is 0 Å². The van der Waals surface area contributed by atoms with E-state index in [2.05, 4.69) is 16.0 Å². The number of benzene rings is 2. The molecule has 0 atom stereocenters. The molecule has 8 nitrogen and oxygen atoms in total. The quantitative estimate of drug-likeness (QED) is 0.422. The van der Waals surface area contributed by atoms with Gasteiger partial charge in [0.1, 0.15) is 0 Å². The number of hydrogen-bond acceptors (Lipinski definition) is 5. The van der Waals surface area contributed by atoms with Crippen molar-refractivity contribution in [3.63, 3.8) is 0 Å². The van der Waals surface area contributed by atoms with Gasteiger partial charge in [-0.15, -0.1) is 0 Å². The summed E-state index contributed by atoms with van der Waals surface area (Å²) in [4.78, 5) is 34.0. The Kier molecular flexibility index (Phi) is 6.34. The van der Waals surface area contributed by atoms with Gasteiger partial charge in [0.2, 0.25) is 0 Å². The monoisotopic (exact) mass is 372 g/mol. The van der Waals surface area contributed by atoms with E-state index >= 15 is 0 Å². The summed E-state index contributed by atoms with van der Waals surface area (Å²) in [6.07, 6.45) is 0. The second-order valence-electron chi connectivity index (χ2n) is 5.15. The number of carbonyl (C=O) groups is 2. The molecule has 2 aromatic rings. The molecule has 3 N–H and O–H groups in total. The van der Waals surface area contributed by atoms with Gasteiger partial charge in [-0.2, -0.15) is 0 Å². The summed E-state index contributed by atoms with van der Waals surface area (Å²) >= 11 is 5.09. The molecule has 0 fully saturated rings. The highest BCUT2D eigenvalue weighted by molar-refractivity contribution is 7.80. The minimum atomic E-state index is -0.546. The van der Waals surface area contributed by atoms with E-state index in [9.17, 15) is 19.7 Å². The van der Waals surface area contributed by atoms with Crippen molar-refractivity contribution in [1.82, 2.24) is 10.6 Å². The number of rotatable bonds is 5. The molecule has 0 unspecified atom stereocenters. The van der Waals surface area contributed by atoms with Gasteiger partial charge in [0.25, 0.3) is 17.5 Å². The number of thiocarbonyl (C=S) groups is 1. The van der Waals surface area contributed by atoms with Crippen LogP contribution in [0.5, 0.6) is 0 Å². The molecule has 0 heterocycles. The summed E-state index contributed by atoms with van der Waals surface area (Å²) in [6.45, 7) is 2.34. The normalized spacial score (nSPS) is 9.88. The molecular weight excluding hydrogens is 356 g/mol. The molecule has 0 saturated carbocycles. The third kappa shape index (κ3) is 5.08. The Morgan fingerprint density at radius 2 is 1.77 bits per heavy atom. The maximum atomic E-state index is 12.1. The Morgan fingerprint density at radius 1 is 1.08 bits per heavy atom. The maximum Gasteiger partial charge on any atom is 0.269 e. The molecule has 0 aliphatic carbocycles. The summed E-state index contributed by atoms with van der Waals surface area (Å²) in [5, 5.41) is 18.7. The van der Waals surface area contributed by atoms with E-state index in [4.69, 9.17) is 12.2 Å². The number of nitro benzene ring substituents is 1. The van der Waals surface area contributed by atoms with E-state index in [0.717, 1.165) is 0 Å². The lowest BCUT2D eigenvalue weighted by Crippen LogP contribution is -2.34. The molecule has 9 heteroatoms. The number of hydrogen-bond donors (Lipinski definition) is 3. The van der Waals surface area contributed by atoms with Gasteiger partial charge in [-0.05, 0) is 49.5 Å². The van der Waals surface area contributed by atoms with Crippen molar-refractivity contribution in [2.75, 3.05) is 11.9 Å². The highest BCUT2D eigenvalue weighted by Gasteiger charge is 2.11. The number of anilines is 1. The fourth-order valence-corrected chi connectivity index (χ4v) is 2.28. The fraction of sp³-hybridized carbons (Fsp3) is 0.118. The van der Waals surface area contributed by atoms with Crippen molar-refractivity contribution in [3.8, 4) is 0 Å². The van der Waals surface area contributed by atoms with Crippen LogP contribution in [0.25, 0.3) is 0 Å². The smallest absolute Gasteiger partial charge is 0.269 e. The maximum absolute atomic E-state index is 12.1. The largest absolute Gasteiger partial charge is 0.352 e. The van der Waals surface area contributed by atoms with Gasteiger partial charge in [-0.25, -0.2) is 0 Å². The second kappa shape index (κ2) is 8.67. The lowest BCUT2D eigenvalue weighted by Gasteiger charge is -2.11. The SMILES string of the molecule is CCNC(=O)c1cccc(NC(=S)NC(=O)c2ccc([N+](=O)[O-])cc2)c1. The number of nitrogens with zero attached hydrogens (tertiary/aromatic N) is 1. The van der Waals surface area contributed by atoms with Crippen molar-refractivity contribution in [1.29, 1.82) is 0 Å². The lowest BCUT2D eigenvalue weighted by atomic mass is 10.2. The van der Waals surface area contributed by atoms with E-state index in [0.29, 0.717) is 17.8 Å². The Labute approximate surface area is 154 Å². The summed E-state index contributed by atoms with van der Waals surface area (Å²) in [7, 11) is 0. The highest BCUT2D eigenvalue weighted by atomic mass is 32.1. The van der Waals surface area contributed by atoms with Gasteiger partial charge in [-0.1, -0.05) is 6.07 Å². The summed E-state index contributed by atoms with van der Waals surface area (Å²) < 4.78 is 0. The Balaban J connectivity index is 1.99. The Hall–Kier alpha value is -3.33. The summed E-state index contributed by atoms with van der Waals surface area (Å²) in [5.74, 6) is -0.714. The Morgan fingerprint density at radius 3 is 2.38 bits per heavy atom. The van der Waals surface area contributed by atoms with E-state index in [1.807, 2.05) is 6.92 Å². The fourth-order valence-electron chi connectivity index (χ4n) is 2.07. The van der Waals surface area contributed by atoms with Crippen LogP contribution in [0.1, 0.15) is 27.6 Å². The van der Waals surface area contributed by atoms with E-state index in [-0.39, 0.29) is 22.3 Å². The van der Waals surface area contributed by atoms with E-state index < -0.39 is 10.8 Å². The van der Waals surface area contributed by atoms with Crippen LogP contribution in [-0.4, -0.2) is 28.4 Å². The van der Waals surface area contributed by atoms with Crippen LogP contribution in [0.2, 0.25) is 0 Å². The zero-order valence-electron chi connectivity index (χ0n) is 13.8. The lowest BCUT2D eigenvalue weighted by molar-refractivity contribution is -0.384. The van der Waals surface area contributed by atoms with Gasteiger partial charge in [0.15, 0.2) is 5.11 Å². The number of non-ortho nitro benzene ring substituents is 1. The van der Waals surface area contributed by atoms with Crippen molar-refractivity contribution >= 4 is 40.5 Å². The average molecular weight is 372 g/mol. The number of nitrogens with one attached hydrogen (secondary N) is 3. The first-order valence-corrected chi connectivity index (χ1v) is 8.06. The van der Waals surface area contributed by atoms with E-state index in [1.54, 1.807) is 24.3 Å². The van der Waals surface area contributed by atoms with E-state index in [1.165, 1.54) is 24.3 Å². The molecule has 0 aromatic heterocycles. The third-order valence-corrected chi connectivity index (χ3v) is 3.49. The molecular formula is C17H16N4O4S. The zero-order chi connectivity index (χ0) is 19.1. The molecule has 0 bridgehead atoms. The van der Waals surface area contributed by atoms with Crippen molar-refractivity contribution in [3.05, 3.63) is 69.8 Å². The summed E-state index contributed by atoms with van der Waals surface area (Å²) in [5.41, 5.74) is 1.13. The molecule has 0 radical (unpaired) electrons. The van der Waals surface area contributed by atoms with Crippen molar-refractivity contribution in [2.45, 2.75) is 6.92 Å². The first-order valence-electron chi connectivity index (χ1n) is 7.65. The molecule has 0 aliphatic rings. The predicted octanol–water partition coefficient (Wildman–Crippen LogP) is 2.47. The van der Waals surface area contributed by atoms with Crippen LogP contribution in [0.15, 0.2) is 48.5 Å². The molecule has 2 amide bonds. The minimum Gasteiger partial charge on any atom is -0.352 e. The molecule has 2 rings (SSSR count). The zero-order valence-corrected chi connectivity index (χ0v) is 14.6. The van der Waals surface area contributed by atoms with Gasteiger partial charge in [-0.3, -0.25) is 25.0 Å². The number of carbonyl (C=O) groups excluding carboxylic acids is 2. The van der Waals surface area contributed by atoms with Gasteiger partial charge in [0.05, 0.1) is 4.92 Å². The molecule has 0 spiro atoms. The topological polar surface area (TPSA) is 113 Å². The Bertz CT molecular complexity index is 852. The van der Waals surface area contributed by atoms with Crippen LogP contribution in [0, 0.1) is 10.1 Å². The summed E-state index contributed by atoms with van der Waals surface area (Å²) in [6, 6.07) is 11.8. The van der Waals surface area contributed by atoms with Crippen LogP contribution in [0.3, 0.4) is 0 Å². The molecule has 2 aromatic carbocycles. The predicted molar refractivity (Wildman–Crippen MR) is 101 cm³/mol. The average Bonchev–Trinajstić information content (AvgIpc) is 2.62. The standard InChI is InChI=1S/C17H16N4O4S/c1-2-18-15(22)12-4-3-5-13(10-12)19-17(26)20-16(23)11-6-8-14(9-7-11)21(24)25/h3-10H,2H2,1H3,(H,18,22)(H2,19,20,23,26). The van der Waals surface area contributed by atoms with Crippen LogP contribution in [-0.2, 0) is 0 Å². The van der Waals surface area contributed by atoms with Crippen LogP contribution < -0.4 is 16.0 Å².